The Bertz CT molecular complexity index is 917. The molecule has 4 aromatic rings. The summed E-state index contributed by atoms with van der Waals surface area (Å²) in [7, 11) is 0. The minimum Gasteiger partial charge on any atom is -0.328 e. The fraction of sp³-hybridized carbons (Fsp3) is 0.200. The number of thiophene rings is 1. The lowest BCUT2D eigenvalue weighted by Crippen LogP contribution is -1.95. The van der Waals surface area contributed by atoms with Gasteiger partial charge in [-0.05, 0) is 32.0 Å². The molecule has 0 aliphatic heterocycles. The van der Waals surface area contributed by atoms with Gasteiger partial charge in [-0.3, -0.25) is 4.98 Å². The van der Waals surface area contributed by atoms with E-state index in [4.69, 9.17) is 0 Å². The van der Waals surface area contributed by atoms with Crippen LogP contribution in [0.15, 0.2) is 30.6 Å². The molecule has 0 saturated carbocycles. The Balaban J connectivity index is 2.20. The van der Waals surface area contributed by atoms with E-state index in [0.717, 1.165) is 17.9 Å². The van der Waals surface area contributed by atoms with Gasteiger partial charge in [0, 0.05) is 34.4 Å². The van der Waals surface area contributed by atoms with Gasteiger partial charge in [0.1, 0.15) is 5.82 Å². The summed E-state index contributed by atoms with van der Waals surface area (Å²) in [6, 6.07) is 6.56. The van der Waals surface area contributed by atoms with Crippen LogP contribution in [0.2, 0.25) is 0 Å². The van der Waals surface area contributed by atoms with Crippen LogP contribution in [0.4, 0.5) is 0 Å². The molecule has 0 bridgehead atoms. The molecule has 0 aliphatic rings. The van der Waals surface area contributed by atoms with Crippen molar-refractivity contribution in [3.05, 3.63) is 36.4 Å². The van der Waals surface area contributed by atoms with Crippen LogP contribution >= 0.6 is 11.3 Å². The van der Waals surface area contributed by atoms with Gasteiger partial charge in [0.2, 0.25) is 0 Å². The minimum absolute atomic E-state index is 0.959. The summed E-state index contributed by atoms with van der Waals surface area (Å²) in [5, 5.41) is 2.57. The number of nitrogens with zero attached hydrogens (tertiary/aromatic N) is 3. The molecule has 3 heterocycles. The lowest BCUT2D eigenvalue weighted by atomic mass is 10.1. The Kier molecular flexibility index (Phi) is 2.17. The number of aryl methyl sites for hydroxylation is 2. The molecule has 3 nitrogen and oxygen atoms in total. The number of fused-ring (bicyclic) bond motifs is 4. The quantitative estimate of drug-likeness (QED) is 0.519. The van der Waals surface area contributed by atoms with Crippen molar-refractivity contribution in [1.82, 2.24) is 14.5 Å². The van der Waals surface area contributed by atoms with Gasteiger partial charge in [0.15, 0.2) is 0 Å². The van der Waals surface area contributed by atoms with E-state index in [1.165, 1.54) is 25.7 Å². The SMILES string of the molecule is CCn1c(C)nc2cc3c(cc21)sc1cnccc13. The molecule has 0 radical (unpaired) electrons. The molecule has 4 rings (SSSR count). The van der Waals surface area contributed by atoms with E-state index in [2.05, 4.69) is 46.6 Å². The molecule has 1 aromatic carbocycles. The third-order valence-electron chi connectivity index (χ3n) is 3.65. The summed E-state index contributed by atoms with van der Waals surface area (Å²) < 4.78 is 4.81. The van der Waals surface area contributed by atoms with Crippen LogP contribution in [-0.4, -0.2) is 14.5 Å². The summed E-state index contributed by atoms with van der Waals surface area (Å²) >= 11 is 1.80. The highest BCUT2D eigenvalue weighted by atomic mass is 32.1. The van der Waals surface area contributed by atoms with Crippen molar-refractivity contribution in [3.8, 4) is 0 Å². The van der Waals surface area contributed by atoms with Crippen LogP contribution in [-0.2, 0) is 6.54 Å². The zero-order valence-electron chi connectivity index (χ0n) is 10.8. The number of hydrogen-bond acceptors (Lipinski definition) is 3. The lowest BCUT2D eigenvalue weighted by molar-refractivity contribution is 0.754. The number of benzene rings is 1. The first-order chi connectivity index (χ1) is 9.28. The van der Waals surface area contributed by atoms with E-state index < -0.39 is 0 Å². The van der Waals surface area contributed by atoms with Crippen LogP contribution in [0.1, 0.15) is 12.7 Å². The number of imidazole rings is 1. The topological polar surface area (TPSA) is 30.7 Å². The number of hydrogen-bond donors (Lipinski definition) is 0. The third-order valence-corrected chi connectivity index (χ3v) is 4.75. The lowest BCUT2D eigenvalue weighted by Gasteiger charge is -2.01. The second kappa shape index (κ2) is 3.78. The van der Waals surface area contributed by atoms with E-state index in [9.17, 15) is 0 Å². The second-order valence-electron chi connectivity index (χ2n) is 4.71. The molecule has 4 heteroatoms. The molecule has 0 saturated heterocycles. The largest absolute Gasteiger partial charge is 0.328 e. The highest BCUT2D eigenvalue weighted by molar-refractivity contribution is 7.25. The van der Waals surface area contributed by atoms with Crippen molar-refractivity contribution in [2.75, 3.05) is 0 Å². The van der Waals surface area contributed by atoms with Crippen LogP contribution in [0.25, 0.3) is 31.2 Å². The van der Waals surface area contributed by atoms with E-state index in [1.807, 2.05) is 12.4 Å². The molecule has 94 valence electrons. The maximum atomic E-state index is 4.67. The van der Waals surface area contributed by atoms with Crippen molar-refractivity contribution >= 4 is 42.5 Å². The second-order valence-corrected chi connectivity index (χ2v) is 5.80. The smallest absolute Gasteiger partial charge is 0.106 e. The maximum Gasteiger partial charge on any atom is 0.106 e. The predicted octanol–water partition coefficient (Wildman–Crippen LogP) is 4.13. The van der Waals surface area contributed by atoms with Crippen molar-refractivity contribution in [3.63, 3.8) is 0 Å². The van der Waals surface area contributed by atoms with Crippen molar-refractivity contribution < 1.29 is 0 Å². The summed E-state index contributed by atoms with van der Waals surface area (Å²) in [5.74, 6) is 1.08. The van der Waals surface area contributed by atoms with Gasteiger partial charge < -0.3 is 4.57 Å². The highest BCUT2D eigenvalue weighted by Gasteiger charge is 2.11. The number of pyridine rings is 1. The van der Waals surface area contributed by atoms with Gasteiger partial charge in [-0.1, -0.05) is 0 Å². The van der Waals surface area contributed by atoms with Gasteiger partial charge in [0.05, 0.1) is 15.7 Å². The Morgan fingerprint density at radius 3 is 2.95 bits per heavy atom. The number of rotatable bonds is 1. The van der Waals surface area contributed by atoms with Gasteiger partial charge in [-0.15, -0.1) is 11.3 Å². The zero-order chi connectivity index (χ0) is 13.0. The summed E-state index contributed by atoms with van der Waals surface area (Å²) in [5.41, 5.74) is 2.32. The van der Waals surface area contributed by atoms with E-state index in [1.54, 1.807) is 11.3 Å². The van der Waals surface area contributed by atoms with Gasteiger partial charge >= 0.3 is 0 Å². The monoisotopic (exact) mass is 267 g/mol. The van der Waals surface area contributed by atoms with Crippen LogP contribution < -0.4 is 0 Å². The van der Waals surface area contributed by atoms with Gasteiger partial charge in [-0.2, -0.15) is 0 Å². The molecule has 0 aliphatic carbocycles. The molecule has 0 unspecified atom stereocenters. The van der Waals surface area contributed by atoms with Crippen LogP contribution in [0.5, 0.6) is 0 Å². The van der Waals surface area contributed by atoms with E-state index >= 15 is 0 Å². The predicted molar refractivity (Wildman–Crippen MR) is 80.8 cm³/mol. The molecule has 0 amide bonds. The standard InChI is InChI=1S/C15H13N3S/c1-3-18-9(2)17-12-6-11-10-4-5-16-8-15(10)19-14(11)7-13(12)18/h4-8H,3H2,1-2H3. The van der Waals surface area contributed by atoms with E-state index in [-0.39, 0.29) is 0 Å². The minimum atomic E-state index is 0.959. The average molecular weight is 267 g/mol. The molecule has 0 N–H and O–H groups in total. The van der Waals surface area contributed by atoms with Crippen molar-refractivity contribution in [1.29, 1.82) is 0 Å². The Morgan fingerprint density at radius 1 is 1.21 bits per heavy atom. The van der Waals surface area contributed by atoms with Crippen molar-refractivity contribution in [2.45, 2.75) is 20.4 Å². The first-order valence-corrected chi connectivity index (χ1v) is 7.22. The molecule has 19 heavy (non-hydrogen) atoms. The third kappa shape index (κ3) is 1.43. The highest BCUT2D eigenvalue weighted by Crippen LogP contribution is 2.35. The molecular formula is C15H13N3S. The van der Waals surface area contributed by atoms with Crippen molar-refractivity contribution in [2.24, 2.45) is 0 Å². The molecule has 0 atom stereocenters. The fourth-order valence-corrected chi connectivity index (χ4v) is 3.86. The first-order valence-electron chi connectivity index (χ1n) is 6.41. The van der Waals surface area contributed by atoms with E-state index in [0.29, 0.717) is 0 Å². The fourth-order valence-electron chi connectivity index (χ4n) is 2.77. The molecule has 0 fully saturated rings. The summed E-state index contributed by atoms with van der Waals surface area (Å²) in [6.45, 7) is 5.19. The Labute approximate surface area is 114 Å². The summed E-state index contributed by atoms with van der Waals surface area (Å²) in [4.78, 5) is 8.88. The number of aromatic nitrogens is 3. The molecule has 0 spiro atoms. The summed E-state index contributed by atoms with van der Waals surface area (Å²) in [6.07, 6.45) is 3.80. The van der Waals surface area contributed by atoms with Gasteiger partial charge in [0.25, 0.3) is 0 Å². The Hall–Kier alpha value is -1.94. The first kappa shape index (κ1) is 10.9. The van der Waals surface area contributed by atoms with Gasteiger partial charge in [-0.25, -0.2) is 4.98 Å². The molecular weight excluding hydrogens is 254 g/mol. The molecule has 3 aromatic heterocycles. The Morgan fingerprint density at radius 2 is 2.11 bits per heavy atom. The van der Waals surface area contributed by atoms with Crippen LogP contribution in [0.3, 0.4) is 0 Å². The average Bonchev–Trinajstić information content (AvgIpc) is 2.92. The maximum absolute atomic E-state index is 4.67. The normalized spacial score (nSPS) is 11.9. The van der Waals surface area contributed by atoms with Crippen LogP contribution in [0, 0.1) is 6.92 Å². The zero-order valence-corrected chi connectivity index (χ0v) is 11.7.